The molecule has 0 radical (unpaired) electrons. The molecule has 1 aromatic rings. The Labute approximate surface area is 89.0 Å². The van der Waals surface area contributed by atoms with Gasteiger partial charge in [0.05, 0.1) is 0 Å². The summed E-state index contributed by atoms with van der Waals surface area (Å²) < 4.78 is 0. The van der Waals surface area contributed by atoms with Crippen molar-refractivity contribution in [2.75, 3.05) is 12.4 Å². The average Bonchev–Trinajstić information content (AvgIpc) is 2.54. The van der Waals surface area contributed by atoms with Gasteiger partial charge >= 0.3 is 0 Å². The van der Waals surface area contributed by atoms with E-state index in [-0.39, 0.29) is 0 Å². The summed E-state index contributed by atoms with van der Waals surface area (Å²) in [4.78, 5) is 4.25. The van der Waals surface area contributed by atoms with Crippen molar-refractivity contribution in [3.8, 4) is 0 Å². The monoisotopic (exact) mass is 208 g/mol. The lowest BCUT2D eigenvalue weighted by Crippen LogP contribution is -2.11. The molecule has 2 nitrogen and oxygen atoms in total. The van der Waals surface area contributed by atoms with Crippen LogP contribution in [0.3, 0.4) is 0 Å². The minimum atomic E-state index is 0.410. The molecule has 1 aliphatic heterocycles. The van der Waals surface area contributed by atoms with Gasteiger partial charge in [-0.1, -0.05) is 24.6 Å². The summed E-state index contributed by atoms with van der Waals surface area (Å²) in [6, 6.07) is 5.97. The number of rotatable bonds is 1. The molecule has 1 aromatic carbocycles. The second-order valence-electron chi connectivity index (χ2n) is 3.43. The molecule has 0 spiro atoms. The predicted octanol–water partition coefficient (Wildman–Crippen LogP) is 3.29. The molecule has 0 aromatic heterocycles. The van der Waals surface area contributed by atoms with Gasteiger partial charge in [-0.15, -0.1) is 0 Å². The van der Waals surface area contributed by atoms with Crippen molar-refractivity contribution < 1.29 is 0 Å². The lowest BCUT2D eigenvalue weighted by atomic mass is 9.98. The summed E-state index contributed by atoms with van der Waals surface area (Å²) in [5.41, 5.74) is 2.41. The number of hydrogen-bond donors (Lipinski definition) is 1. The number of nitrogens with one attached hydrogen (secondary N) is 1. The Morgan fingerprint density at radius 2 is 2.29 bits per heavy atom. The molecule has 1 heterocycles. The summed E-state index contributed by atoms with van der Waals surface area (Å²) in [7, 11) is 1.82. The van der Waals surface area contributed by atoms with Crippen LogP contribution in [0.5, 0.6) is 0 Å². The smallest absolute Gasteiger partial charge is 0.108 e. The van der Waals surface area contributed by atoms with Gasteiger partial charge in [0.15, 0.2) is 0 Å². The van der Waals surface area contributed by atoms with Crippen molar-refractivity contribution in [3.05, 3.63) is 28.8 Å². The third kappa shape index (κ3) is 1.40. The first kappa shape index (κ1) is 9.53. The molecule has 0 bridgehead atoms. The molecule has 0 fully saturated rings. The van der Waals surface area contributed by atoms with Crippen molar-refractivity contribution >= 4 is 23.1 Å². The van der Waals surface area contributed by atoms with Crippen LogP contribution in [0.1, 0.15) is 24.8 Å². The van der Waals surface area contributed by atoms with E-state index in [0.29, 0.717) is 5.92 Å². The molecule has 14 heavy (non-hydrogen) atoms. The number of fused-ring (bicyclic) bond motifs is 1. The maximum Gasteiger partial charge on any atom is 0.108 e. The lowest BCUT2D eigenvalue weighted by Gasteiger charge is -2.06. The molecule has 3 heteroatoms. The highest BCUT2D eigenvalue weighted by molar-refractivity contribution is 6.31. The Kier molecular flexibility index (Phi) is 2.46. The molecule has 0 saturated heterocycles. The first-order valence-electron chi connectivity index (χ1n) is 4.79. The zero-order valence-corrected chi connectivity index (χ0v) is 9.10. The summed E-state index contributed by atoms with van der Waals surface area (Å²) in [6.45, 7) is 2.17. The predicted molar refractivity (Wildman–Crippen MR) is 61.5 cm³/mol. The fourth-order valence-corrected chi connectivity index (χ4v) is 2.11. The van der Waals surface area contributed by atoms with E-state index in [1.54, 1.807) is 0 Å². The van der Waals surface area contributed by atoms with E-state index >= 15 is 0 Å². The molecule has 1 atom stereocenters. The van der Waals surface area contributed by atoms with Crippen molar-refractivity contribution in [1.29, 1.82) is 0 Å². The Bertz CT molecular complexity index is 385. The van der Waals surface area contributed by atoms with Crippen LogP contribution in [0, 0.1) is 0 Å². The van der Waals surface area contributed by atoms with Crippen LogP contribution in [-0.2, 0) is 0 Å². The van der Waals surface area contributed by atoms with Gasteiger partial charge in [0.25, 0.3) is 0 Å². The highest BCUT2D eigenvalue weighted by Crippen LogP contribution is 2.36. The van der Waals surface area contributed by atoms with E-state index in [4.69, 9.17) is 11.6 Å². The summed E-state index contributed by atoms with van der Waals surface area (Å²) >= 11 is 5.93. The van der Waals surface area contributed by atoms with Crippen LogP contribution >= 0.6 is 11.6 Å². The molecule has 1 N–H and O–H groups in total. The van der Waals surface area contributed by atoms with Gasteiger partial charge in [-0.05, 0) is 24.1 Å². The van der Waals surface area contributed by atoms with Crippen LogP contribution < -0.4 is 5.32 Å². The summed E-state index contributed by atoms with van der Waals surface area (Å²) in [6.07, 6.45) is 1.06. The van der Waals surface area contributed by atoms with Crippen molar-refractivity contribution in [2.24, 2.45) is 4.99 Å². The zero-order valence-electron chi connectivity index (χ0n) is 8.34. The van der Waals surface area contributed by atoms with Crippen LogP contribution in [0.2, 0.25) is 5.02 Å². The second kappa shape index (κ2) is 3.62. The highest BCUT2D eigenvalue weighted by atomic mass is 35.5. The Balaban J connectivity index is 2.47. The van der Waals surface area contributed by atoms with Gasteiger partial charge in [0.1, 0.15) is 5.84 Å². The molecule has 0 aliphatic carbocycles. The van der Waals surface area contributed by atoms with Crippen LogP contribution in [0.4, 0.5) is 5.69 Å². The van der Waals surface area contributed by atoms with E-state index in [1.807, 2.05) is 19.2 Å². The van der Waals surface area contributed by atoms with Gasteiger partial charge in [-0.25, -0.2) is 0 Å². The zero-order chi connectivity index (χ0) is 10.1. The molecule has 0 saturated carbocycles. The first-order chi connectivity index (χ1) is 6.76. The number of anilines is 1. The van der Waals surface area contributed by atoms with Crippen LogP contribution in [-0.4, -0.2) is 12.9 Å². The third-order valence-electron chi connectivity index (χ3n) is 2.63. The quantitative estimate of drug-likeness (QED) is 0.753. The average molecular weight is 209 g/mol. The number of hydrogen-bond acceptors (Lipinski definition) is 1. The van der Waals surface area contributed by atoms with E-state index in [0.717, 1.165) is 23.0 Å². The van der Waals surface area contributed by atoms with Gasteiger partial charge in [-0.2, -0.15) is 0 Å². The first-order valence-corrected chi connectivity index (χ1v) is 5.17. The fraction of sp³-hybridized carbons (Fsp3) is 0.364. The number of halogens is 1. The van der Waals surface area contributed by atoms with Gasteiger partial charge in [0.2, 0.25) is 0 Å². The molecule has 74 valence electrons. The van der Waals surface area contributed by atoms with Crippen molar-refractivity contribution in [2.45, 2.75) is 19.3 Å². The number of aliphatic imine (C=N–C) groups is 1. The van der Waals surface area contributed by atoms with E-state index in [1.165, 1.54) is 5.56 Å². The normalized spacial score (nSPS) is 22.2. The minimum Gasteiger partial charge on any atom is -0.343 e. The molecule has 0 amide bonds. The molecule has 2 rings (SSSR count). The number of amidine groups is 1. The number of benzene rings is 1. The second-order valence-corrected chi connectivity index (χ2v) is 3.86. The van der Waals surface area contributed by atoms with Gasteiger partial charge in [-0.3, -0.25) is 4.99 Å². The maximum atomic E-state index is 5.93. The van der Waals surface area contributed by atoms with Gasteiger partial charge < -0.3 is 5.32 Å². The Morgan fingerprint density at radius 1 is 1.50 bits per heavy atom. The summed E-state index contributed by atoms with van der Waals surface area (Å²) in [5, 5.41) is 4.06. The highest BCUT2D eigenvalue weighted by Gasteiger charge is 2.26. The minimum absolute atomic E-state index is 0.410. The van der Waals surface area contributed by atoms with E-state index < -0.39 is 0 Å². The van der Waals surface area contributed by atoms with Gasteiger partial charge in [0, 0.05) is 23.7 Å². The van der Waals surface area contributed by atoms with Crippen molar-refractivity contribution in [3.63, 3.8) is 0 Å². The van der Waals surface area contributed by atoms with E-state index in [9.17, 15) is 0 Å². The molecular formula is C11H13ClN2. The topological polar surface area (TPSA) is 24.4 Å². The van der Waals surface area contributed by atoms with Crippen LogP contribution in [0.15, 0.2) is 23.2 Å². The van der Waals surface area contributed by atoms with Crippen LogP contribution in [0.25, 0.3) is 0 Å². The largest absolute Gasteiger partial charge is 0.343 e. The third-order valence-corrected chi connectivity index (χ3v) is 2.87. The Hall–Kier alpha value is -1.02. The van der Waals surface area contributed by atoms with E-state index in [2.05, 4.69) is 23.3 Å². The molecule has 1 aliphatic rings. The SMILES string of the molecule is CCC1C(=NC)Nc2cc(Cl)ccc21. The number of nitrogens with zero attached hydrogens (tertiary/aromatic N) is 1. The standard InChI is InChI=1S/C11H13ClN2/c1-3-8-9-5-4-7(12)6-10(9)14-11(8)13-2/h4-6,8H,3H2,1-2H3,(H,13,14). The summed E-state index contributed by atoms with van der Waals surface area (Å²) in [5.74, 6) is 1.46. The lowest BCUT2D eigenvalue weighted by molar-refractivity contribution is 0.859. The maximum absolute atomic E-state index is 5.93. The Morgan fingerprint density at radius 3 is 2.93 bits per heavy atom. The fourth-order valence-electron chi connectivity index (χ4n) is 1.94. The van der Waals surface area contributed by atoms with Crippen molar-refractivity contribution in [1.82, 2.24) is 0 Å². The molecule has 1 unspecified atom stereocenters. The molecular weight excluding hydrogens is 196 g/mol.